The van der Waals surface area contributed by atoms with Crippen molar-refractivity contribution in [2.45, 2.75) is 38.6 Å². The fraction of sp³-hybridized carbons (Fsp3) is 0.433. The smallest absolute Gasteiger partial charge is 0.292 e. The number of carbonyl (C=O) groups excluding carboxylic acids is 2. The molecular weight excluding hydrogens is 525 g/mol. The summed E-state index contributed by atoms with van der Waals surface area (Å²) in [4.78, 5) is 39.4. The number of rotatable bonds is 9. The minimum atomic E-state index is -0.412. The van der Waals surface area contributed by atoms with Crippen molar-refractivity contribution in [3.63, 3.8) is 0 Å². The molecule has 0 radical (unpaired) electrons. The Balaban J connectivity index is 1.25. The van der Waals surface area contributed by atoms with Gasteiger partial charge < -0.3 is 24.5 Å². The number of carbonyl (C=O) groups is 2. The van der Waals surface area contributed by atoms with E-state index in [1.165, 1.54) is 6.20 Å². The molecule has 41 heavy (non-hydrogen) atoms. The Labute approximate surface area is 239 Å². The van der Waals surface area contributed by atoms with Crippen LogP contribution in [0.15, 0.2) is 47.3 Å². The number of nitrogens with zero attached hydrogens (tertiary/aromatic N) is 6. The van der Waals surface area contributed by atoms with Crippen LogP contribution in [0, 0.1) is 12.7 Å². The molecule has 0 atom stereocenters. The molecular formula is C30H36FN7O3. The third kappa shape index (κ3) is 6.45. The van der Waals surface area contributed by atoms with Gasteiger partial charge in [-0.15, -0.1) is 0 Å². The third-order valence-corrected chi connectivity index (χ3v) is 7.76. The molecule has 1 saturated heterocycles. The minimum Gasteiger partial charge on any atom is -0.366 e. The first kappa shape index (κ1) is 28.4. The maximum atomic E-state index is 15.2. The number of benzene rings is 1. The van der Waals surface area contributed by atoms with E-state index >= 15 is 4.39 Å². The highest BCUT2D eigenvalue weighted by molar-refractivity contribution is 5.90. The molecule has 0 spiro atoms. The second-order valence-electron chi connectivity index (χ2n) is 11.3. The Bertz CT molecular complexity index is 1460. The first-order valence-corrected chi connectivity index (χ1v) is 13.9. The molecule has 1 aliphatic heterocycles. The lowest BCUT2D eigenvalue weighted by Crippen LogP contribution is -2.48. The van der Waals surface area contributed by atoms with Gasteiger partial charge in [0.1, 0.15) is 0 Å². The van der Waals surface area contributed by atoms with Gasteiger partial charge in [-0.2, -0.15) is 4.98 Å². The quantitative estimate of drug-likeness (QED) is 0.397. The predicted molar refractivity (Wildman–Crippen MR) is 153 cm³/mol. The summed E-state index contributed by atoms with van der Waals surface area (Å²) in [6, 6.07) is 5.66. The monoisotopic (exact) mass is 561 g/mol. The van der Waals surface area contributed by atoms with E-state index in [9.17, 15) is 9.59 Å². The van der Waals surface area contributed by atoms with Crippen molar-refractivity contribution in [3.05, 3.63) is 71.4 Å². The zero-order valence-corrected chi connectivity index (χ0v) is 24.0. The van der Waals surface area contributed by atoms with Crippen LogP contribution in [0.2, 0.25) is 0 Å². The molecule has 1 saturated carbocycles. The van der Waals surface area contributed by atoms with Gasteiger partial charge in [0.05, 0.1) is 18.1 Å². The fourth-order valence-electron chi connectivity index (χ4n) is 4.85. The first-order chi connectivity index (χ1) is 19.6. The zero-order valence-electron chi connectivity index (χ0n) is 24.0. The molecule has 2 amide bonds. The number of hydrogen-bond donors (Lipinski definition) is 1. The Morgan fingerprint density at radius 2 is 1.93 bits per heavy atom. The molecule has 216 valence electrons. The summed E-state index contributed by atoms with van der Waals surface area (Å²) in [5, 5.41) is 6.68. The van der Waals surface area contributed by atoms with E-state index in [1.54, 1.807) is 12.3 Å². The number of anilines is 1. The minimum absolute atomic E-state index is 0.0145. The van der Waals surface area contributed by atoms with Crippen LogP contribution in [0.1, 0.15) is 47.4 Å². The Morgan fingerprint density at radius 1 is 1.17 bits per heavy atom. The molecule has 2 fully saturated rings. The third-order valence-electron chi connectivity index (χ3n) is 7.76. The lowest BCUT2D eigenvalue weighted by Gasteiger charge is -2.36. The molecule has 11 heteroatoms. The molecule has 2 aromatic heterocycles. The summed E-state index contributed by atoms with van der Waals surface area (Å²) >= 11 is 0. The van der Waals surface area contributed by atoms with Crippen LogP contribution in [-0.4, -0.2) is 83.6 Å². The molecule has 5 rings (SSSR count). The molecule has 0 bridgehead atoms. The second-order valence-corrected chi connectivity index (χ2v) is 11.3. The normalized spacial score (nSPS) is 16.4. The van der Waals surface area contributed by atoms with Gasteiger partial charge in [0, 0.05) is 56.3 Å². The Kier molecular flexibility index (Phi) is 8.16. The van der Waals surface area contributed by atoms with Crippen LogP contribution in [0.25, 0.3) is 11.1 Å². The first-order valence-electron chi connectivity index (χ1n) is 13.9. The van der Waals surface area contributed by atoms with E-state index in [4.69, 9.17) is 4.52 Å². The van der Waals surface area contributed by atoms with Crippen molar-refractivity contribution in [1.82, 2.24) is 30.2 Å². The van der Waals surface area contributed by atoms with Crippen molar-refractivity contribution in [2.24, 2.45) is 0 Å². The summed E-state index contributed by atoms with van der Waals surface area (Å²) in [5.74, 6) is -0.300. The van der Waals surface area contributed by atoms with Crippen molar-refractivity contribution in [1.29, 1.82) is 0 Å². The number of nitrogens with one attached hydrogen (secondary N) is 1. The van der Waals surface area contributed by atoms with Gasteiger partial charge in [0.15, 0.2) is 5.82 Å². The molecule has 2 aliphatic rings. The van der Waals surface area contributed by atoms with Gasteiger partial charge in [-0.25, -0.2) is 4.39 Å². The maximum Gasteiger partial charge on any atom is 0.292 e. The average molecular weight is 562 g/mol. The number of piperazine rings is 1. The van der Waals surface area contributed by atoms with Gasteiger partial charge >= 0.3 is 0 Å². The number of pyridine rings is 1. The summed E-state index contributed by atoms with van der Waals surface area (Å²) < 4.78 is 20.5. The standard InChI is InChI=1S/C30H36FN7O3/c1-20-16-21(7-8-22(20)17-33-28(40)27-34-29(41-35-27)30(2)9-10-30)26-23(31)18-32-19-24(26)37-12-14-38(15-13-37)25(39)6-5-11-36(3)4/h5-8,16,18-19H,9-15,17H2,1-4H3,(H,33,40)/b6-5+. The maximum absolute atomic E-state index is 15.2. The highest BCUT2D eigenvalue weighted by Crippen LogP contribution is 2.46. The summed E-state index contributed by atoms with van der Waals surface area (Å²) in [6.45, 7) is 7.18. The van der Waals surface area contributed by atoms with Crippen LogP contribution < -0.4 is 10.2 Å². The summed E-state index contributed by atoms with van der Waals surface area (Å²) in [5.41, 5.74) is 3.58. The highest BCUT2D eigenvalue weighted by atomic mass is 19.1. The second kappa shape index (κ2) is 11.8. The van der Waals surface area contributed by atoms with Crippen LogP contribution >= 0.6 is 0 Å². The lowest BCUT2D eigenvalue weighted by molar-refractivity contribution is -0.126. The van der Waals surface area contributed by atoms with Crippen LogP contribution in [-0.2, 0) is 16.8 Å². The number of hydrogen-bond acceptors (Lipinski definition) is 8. The van der Waals surface area contributed by atoms with Crippen molar-refractivity contribution < 1.29 is 18.5 Å². The van der Waals surface area contributed by atoms with E-state index < -0.39 is 11.7 Å². The molecule has 1 aromatic carbocycles. The number of aromatic nitrogens is 3. The Morgan fingerprint density at radius 3 is 2.61 bits per heavy atom. The van der Waals surface area contributed by atoms with Crippen LogP contribution in [0.3, 0.4) is 0 Å². The number of amides is 2. The number of aryl methyl sites for hydroxylation is 1. The van der Waals surface area contributed by atoms with Crippen molar-refractivity contribution >= 4 is 17.5 Å². The van der Waals surface area contributed by atoms with Crippen LogP contribution in [0.5, 0.6) is 0 Å². The van der Waals surface area contributed by atoms with Crippen molar-refractivity contribution in [2.75, 3.05) is 51.7 Å². The zero-order chi connectivity index (χ0) is 29.1. The predicted octanol–water partition coefficient (Wildman–Crippen LogP) is 3.33. The van der Waals surface area contributed by atoms with E-state index in [0.29, 0.717) is 49.9 Å². The van der Waals surface area contributed by atoms with Gasteiger partial charge in [-0.1, -0.05) is 36.4 Å². The SMILES string of the molecule is Cc1cc(-c2c(F)cncc2N2CCN(C(=O)/C=C/CN(C)C)CC2)ccc1CNC(=O)c1noc(C2(C)CC2)n1. The Hall–Kier alpha value is -4.12. The van der Waals surface area contributed by atoms with E-state index in [-0.39, 0.29) is 23.7 Å². The summed E-state index contributed by atoms with van der Waals surface area (Å²) in [7, 11) is 3.90. The molecule has 1 aliphatic carbocycles. The number of halogens is 1. The molecule has 3 aromatic rings. The number of likely N-dealkylation sites (N-methyl/N-ethyl adjacent to an activating group) is 1. The largest absolute Gasteiger partial charge is 0.366 e. The van der Waals surface area contributed by atoms with E-state index in [2.05, 4.69) is 25.3 Å². The lowest BCUT2D eigenvalue weighted by atomic mass is 9.98. The molecule has 3 heterocycles. The molecule has 0 unspecified atom stereocenters. The fourth-order valence-corrected chi connectivity index (χ4v) is 4.85. The van der Waals surface area contributed by atoms with Gasteiger partial charge in [-0.3, -0.25) is 14.6 Å². The summed E-state index contributed by atoms with van der Waals surface area (Å²) in [6.07, 6.45) is 8.33. The molecule has 10 nitrogen and oxygen atoms in total. The highest BCUT2D eigenvalue weighted by Gasteiger charge is 2.45. The van der Waals surface area contributed by atoms with Crippen LogP contribution in [0.4, 0.5) is 10.1 Å². The van der Waals surface area contributed by atoms with E-state index in [0.717, 1.165) is 29.5 Å². The van der Waals surface area contributed by atoms with Gasteiger partial charge in [0.25, 0.3) is 11.7 Å². The van der Waals surface area contributed by atoms with Gasteiger partial charge in [-0.05, 0) is 50.6 Å². The van der Waals surface area contributed by atoms with Gasteiger partial charge in [0.2, 0.25) is 11.8 Å². The molecule has 1 N–H and O–H groups in total. The average Bonchev–Trinajstić information content (AvgIpc) is 3.49. The van der Waals surface area contributed by atoms with Crippen molar-refractivity contribution in [3.8, 4) is 11.1 Å². The topological polar surface area (TPSA) is 108 Å². The van der Waals surface area contributed by atoms with E-state index in [1.807, 2.05) is 62.0 Å².